The SMILES string of the molecule is CCC1CCC(NC2CN(C(=O)OC(C)(C)C)C2)C1. The molecule has 19 heavy (non-hydrogen) atoms. The van der Waals surface area contributed by atoms with E-state index >= 15 is 0 Å². The average Bonchev–Trinajstić information content (AvgIpc) is 2.67. The smallest absolute Gasteiger partial charge is 0.410 e. The van der Waals surface area contributed by atoms with E-state index in [4.69, 9.17) is 4.74 Å². The van der Waals surface area contributed by atoms with Crippen molar-refractivity contribution in [3.63, 3.8) is 0 Å². The van der Waals surface area contributed by atoms with Crippen molar-refractivity contribution in [1.82, 2.24) is 10.2 Å². The summed E-state index contributed by atoms with van der Waals surface area (Å²) < 4.78 is 5.35. The second-order valence-electron chi connectivity index (χ2n) is 7.03. The molecule has 0 aromatic heterocycles. The third-order valence-electron chi connectivity index (χ3n) is 4.12. The van der Waals surface area contributed by atoms with Crippen molar-refractivity contribution in [2.45, 2.75) is 71.1 Å². The molecule has 4 nitrogen and oxygen atoms in total. The zero-order chi connectivity index (χ0) is 14.0. The number of nitrogens with zero attached hydrogens (tertiary/aromatic N) is 1. The molecule has 1 saturated heterocycles. The van der Waals surface area contributed by atoms with Gasteiger partial charge in [0, 0.05) is 25.2 Å². The maximum Gasteiger partial charge on any atom is 0.410 e. The number of nitrogens with one attached hydrogen (secondary N) is 1. The Hall–Kier alpha value is -0.770. The van der Waals surface area contributed by atoms with E-state index < -0.39 is 5.60 Å². The first kappa shape index (κ1) is 14.6. The van der Waals surface area contributed by atoms with Crippen molar-refractivity contribution in [3.8, 4) is 0 Å². The highest BCUT2D eigenvalue weighted by molar-refractivity contribution is 5.69. The lowest BCUT2D eigenvalue weighted by atomic mass is 10.0. The Morgan fingerprint density at radius 3 is 2.47 bits per heavy atom. The number of carbonyl (C=O) groups is 1. The van der Waals surface area contributed by atoms with Crippen LogP contribution in [0.2, 0.25) is 0 Å². The van der Waals surface area contributed by atoms with Gasteiger partial charge in [0.15, 0.2) is 0 Å². The minimum Gasteiger partial charge on any atom is -0.444 e. The molecule has 110 valence electrons. The fourth-order valence-electron chi connectivity index (χ4n) is 2.99. The summed E-state index contributed by atoms with van der Waals surface area (Å²) in [7, 11) is 0. The fourth-order valence-corrected chi connectivity index (χ4v) is 2.99. The van der Waals surface area contributed by atoms with Gasteiger partial charge in [-0.15, -0.1) is 0 Å². The summed E-state index contributed by atoms with van der Waals surface area (Å²) in [6, 6.07) is 1.13. The highest BCUT2D eigenvalue weighted by Crippen LogP contribution is 2.28. The third-order valence-corrected chi connectivity index (χ3v) is 4.12. The molecule has 1 aliphatic carbocycles. The van der Waals surface area contributed by atoms with E-state index in [1.807, 2.05) is 20.8 Å². The van der Waals surface area contributed by atoms with Crippen LogP contribution >= 0.6 is 0 Å². The van der Waals surface area contributed by atoms with Gasteiger partial charge in [-0.25, -0.2) is 4.79 Å². The first-order valence-electron chi connectivity index (χ1n) is 7.61. The van der Waals surface area contributed by atoms with Crippen LogP contribution in [0.1, 0.15) is 53.4 Å². The Morgan fingerprint density at radius 2 is 1.95 bits per heavy atom. The summed E-state index contributed by atoms with van der Waals surface area (Å²) in [5, 5.41) is 3.68. The van der Waals surface area contributed by atoms with Crippen LogP contribution in [0.15, 0.2) is 0 Å². The van der Waals surface area contributed by atoms with Crippen molar-refractivity contribution < 1.29 is 9.53 Å². The second kappa shape index (κ2) is 5.70. The van der Waals surface area contributed by atoms with Gasteiger partial charge in [-0.05, 0) is 46.0 Å². The topological polar surface area (TPSA) is 41.6 Å². The zero-order valence-corrected chi connectivity index (χ0v) is 12.7. The Bertz CT molecular complexity index is 319. The summed E-state index contributed by atoms with van der Waals surface area (Å²) in [6.45, 7) is 9.59. The van der Waals surface area contributed by atoms with Crippen molar-refractivity contribution >= 4 is 6.09 Å². The highest BCUT2D eigenvalue weighted by atomic mass is 16.6. The molecule has 0 spiro atoms. The predicted molar refractivity (Wildman–Crippen MR) is 76.2 cm³/mol. The number of carbonyl (C=O) groups excluding carboxylic acids is 1. The maximum absolute atomic E-state index is 11.8. The van der Waals surface area contributed by atoms with Crippen molar-refractivity contribution in [1.29, 1.82) is 0 Å². The van der Waals surface area contributed by atoms with Gasteiger partial charge in [0.05, 0.1) is 0 Å². The standard InChI is InChI=1S/C15H28N2O2/c1-5-11-6-7-12(8-11)16-13-9-17(10-13)14(18)19-15(2,3)4/h11-13,16H,5-10H2,1-4H3. The molecule has 1 aliphatic heterocycles. The molecule has 1 amide bonds. The summed E-state index contributed by atoms with van der Waals surface area (Å²) in [5.74, 6) is 0.902. The van der Waals surface area contributed by atoms with Gasteiger partial charge in [-0.3, -0.25) is 0 Å². The minimum absolute atomic E-state index is 0.177. The van der Waals surface area contributed by atoms with E-state index in [1.165, 1.54) is 25.7 Å². The van der Waals surface area contributed by atoms with Gasteiger partial charge >= 0.3 is 6.09 Å². The van der Waals surface area contributed by atoms with E-state index in [-0.39, 0.29) is 6.09 Å². The van der Waals surface area contributed by atoms with Crippen LogP contribution in [-0.4, -0.2) is 41.8 Å². The van der Waals surface area contributed by atoms with E-state index in [9.17, 15) is 4.79 Å². The monoisotopic (exact) mass is 268 g/mol. The molecule has 0 radical (unpaired) electrons. The van der Waals surface area contributed by atoms with Gasteiger partial charge < -0.3 is 15.0 Å². The quantitative estimate of drug-likeness (QED) is 0.855. The molecule has 2 rings (SSSR count). The number of hydrogen-bond acceptors (Lipinski definition) is 3. The molecule has 1 N–H and O–H groups in total. The first-order valence-corrected chi connectivity index (χ1v) is 7.61. The van der Waals surface area contributed by atoms with Crippen LogP contribution in [0.4, 0.5) is 4.79 Å². The first-order chi connectivity index (χ1) is 8.87. The third kappa shape index (κ3) is 4.10. The molecule has 4 heteroatoms. The molecule has 0 bridgehead atoms. The largest absolute Gasteiger partial charge is 0.444 e. The van der Waals surface area contributed by atoms with Crippen LogP contribution in [0.5, 0.6) is 0 Å². The fraction of sp³-hybridized carbons (Fsp3) is 0.933. The molecule has 2 atom stereocenters. The number of rotatable bonds is 3. The Balaban J connectivity index is 1.65. The number of hydrogen-bond donors (Lipinski definition) is 1. The van der Waals surface area contributed by atoms with Crippen molar-refractivity contribution in [3.05, 3.63) is 0 Å². The normalized spacial score (nSPS) is 28.3. The molecule has 0 aromatic carbocycles. The lowest BCUT2D eigenvalue weighted by Gasteiger charge is -2.41. The van der Waals surface area contributed by atoms with Gasteiger partial charge in [-0.2, -0.15) is 0 Å². The maximum atomic E-state index is 11.8. The minimum atomic E-state index is -0.393. The molecule has 2 aliphatic rings. The zero-order valence-electron chi connectivity index (χ0n) is 12.7. The second-order valence-corrected chi connectivity index (χ2v) is 7.03. The van der Waals surface area contributed by atoms with E-state index in [0.29, 0.717) is 12.1 Å². The van der Waals surface area contributed by atoms with Gasteiger partial charge in [0.1, 0.15) is 5.60 Å². The van der Waals surface area contributed by atoms with Gasteiger partial charge in [0.25, 0.3) is 0 Å². The highest BCUT2D eigenvalue weighted by Gasteiger charge is 2.35. The molecule has 2 unspecified atom stereocenters. The Labute approximate surface area is 116 Å². The summed E-state index contributed by atoms with van der Waals surface area (Å²) in [5.41, 5.74) is -0.393. The molecular weight excluding hydrogens is 240 g/mol. The lowest BCUT2D eigenvalue weighted by molar-refractivity contribution is 0.00418. The Kier molecular flexibility index (Phi) is 4.39. The summed E-state index contributed by atoms with van der Waals surface area (Å²) in [6.07, 6.45) is 5.08. The molecule has 2 fully saturated rings. The molecule has 1 saturated carbocycles. The number of ether oxygens (including phenoxy) is 1. The van der Waals surface area contributed by atoms with E-state index in [2.05, 4.69) is 12.2 Å². The van der Waals surface area contributed by atoms with Crippen LogP contribution in [0, 0.1) is 5.92 Å². The van der Waals surface area contributed by atoms with Crippen LogP contribution in [0.25, 0.3) is 0 Å². The van der Waals surface area contributed by atoms with E-state index in [0.717, 1.165) is 19.0 Å². The van der Waals surface area contributed by atoms with Gasteiger partial charge in [-0.1, -0.05) is 13.3 Å². The van der Waals surface area contributed by atoms with Crippen LogP contribution in [-0.2, 0) is 4.74 Å². The van der Waals surface area contributed by atoms with Crippen LogP contribution < -0.4 is 5.32 Å². The number of amides is 1. The predicted octanol–water partition coefficient (Wildman–Crippen LogP) is 2.77. The Morgan fingerprint density at radius 1 is 1.26 bits per heavy atom. The van der Waals surface area contributed by atoms with Crippen molar-refractivity contribution in [2.75, 3.05) is 13.1 Å². The average molecular weight is 268 g/mol. The molecule has 0 aromatic rings. The molecular formula is C15H28N2O2. The van der Waals surface area contributed by atoms with Gasteiger partial charge in [0.2, 0.25) is 0 Å². The van der Waals surface area contributed by atoms with Crippen molar-refractivity contribution in [2.24, 2.45) is 5.92 Å². The van der Waals surface area contributed by atoms with E-state index in [1.54, 1.807) is 4.90 Å². The number of likely N-dealkylation sites (tertiary alicyclic amines) is 1. The summed E-state index contributed by atoms with van der Waals surface area (Å²) >= 11 is 0. The van der Waals surface area contributed by atoms with Crippen LogP contribution in [0.3, 0.4) is 0 Å². The summed E-state index contributed by atoms with van der Waals surface area (Å²) in [4.78, 5) is 13.6. The lowest BCUT2D eigenvalue weighted by Crippen LogP contribution is -2.62. The molecule has 1 heterocycles.